The molecule has 0 saturated carbocycles. The van der Waals surface area contributed by atoms with Gasteiger partial charge in [0.2, 0.25) is 0 Å². The number of hydrogen-bond acceptors (Lipinski definition) is 5. The van der Waals surface area contributed by atoms with Crippen molar-refractivity contribution in [2.45, 2.75) is 24.4 Å². The van der Waals surface area contributed by atoms with E-state index >= 15 is 0 Å². The van der Waals surface area contributed by atoms with E-state index in [0.717, 1.165) is 0 Å². The molecule has 2 aliphatic heterocycles. The minimum atomic E-state index is -2.69. The Kier molecular flexibility index (Phi) is 4.24. The van der Waals surface area contributed by atoms with Gasteiger partial charge in [-0.05, 0) is 24.6 Å². The number of nitrogens with zero attached hydrogens (tertiary/aromatic N) is 2. The molecule has 136 valence electrons. The van der Waals surface area contributed by atoms with Gasteiger partial charge in [0.15, 0.2) is 28.5 Å². The van der Waals surface area contributed by atoms with E-state index in [4.69, 9.17) is 0 Å². The summed E-state index contributed by atoms with van der Waals surface area (Å²) in [4.78, 5) is 50.4. The summed E-state index contributed by atoms with van der Waals surface area (Å²) >= 11 is -2.69. The first-order chi connectivity index (χ1) is 12.2. The summed E-state index contributed by atoms with van der Waals surface area (Å²) in [5, 5.41) is 7.76. The Morgan fingerprint density at radius 3 is 2.08 bits per heavy atom. The van der Waals surface area contributed by atoms with Crippen LogP contribution in [-0.2, 0) is 20.7 Å². The van der Waals surface area contributed by atoms with Crippen LogP contribution in [0.25, 0.3) is 0 Å². The average Bonchev–Trinajstić information content (AvgIpc) is 2.81. The molecule has 1 saturated heterocycles. The van der Waals surface area contributed by atoms with Crippen LogP contribution in [0.5, 0.6) is 0 Å². The maximum absolute atomic E-state index is 12.6. The molecular weight excluding hydrogens is 364 g/mol. The number of benzene rings is 1. The minimum Gasteiger partial charge on any atom is -0.479 e. The summed E-state index contributed by atoms with van der Waals surface area (Å²) in [6.07, 6.45) is 0. The third-order valence-corrected chi connectivity index (χ3v) is 5.24. The first-order valence-electron chi connectivity index (χ1n) is 7.45. The molecule has 4 atom stereocenters. The van der Waals surface area contributed by atoms with E-state index in [2.05, 4.69) is 6.58 Å². The van der Waals surface area contributed by atoms with Crippen LogP contribution in [0, 0.1) is 0 Å². The van der Waals surface area contributed by atoms with Crippen LogP contribution >= 0.6 is 0 Å². The zero-order chi connectivity index (χ0) is 19.3. The van der Waals surface area contributed by atoms with Crippen molar-refractivity contribution in [3.8, 4) is 0 Å². The molecule has 10 heteroatoms. The number of carbonyl (C=O) groups excluding carboxylic acids is 3. The Balaban J connectivity index is 2.00. The molecule has 1 aromatic carbocycles. The van der Waals surface area contributed by atoms with E-state index < -0.39 is 52.2 Å². The van der Waals surface area contributed by atoms with E-state index in [1.807, 2.05) is 0 Å². The summed E-state index contributed by atoms with van der Waals surface area (Å²) in [6, 6.07) is 2.84. The number of carbonyl (C=O) groups is 4. The Labute approximate surface area is 150 Å². The number of carboxylic acids is 1. The Morgan fingerprint density at radius 1 is 1.19 bits per heavy atom. The second-order valence-corrected chi connectivity index (χ2v) is 7.01. The van der Waals surface area contributed by atoms with Crippen molar-refractivity contribution in [2.75, 3.05) is 0 Å². The highest BCUT2D eigenvalue weighted by atomic mass is 32.2. The summed E-state index contributed by atoms with van der Waals surface area (Å²) in [7, 11) is 0. The van der Waals surface area contributed by atoms with Gasteiger partial charge < -0.3 is 14.6 Å². The van der Waals surface area contributed by atoms with Gasteiger partial charge >= 0.3 is 5.97 Å². The maximum atomic E-state index is 12.6. The molecule has 0 aromatic heterocycles. The van der Waals surface area contributed by atoms with Gasteiger partial charge in [0.05, 0.1) is 11.1 Å². The van der Waals surface area contributed by atoms with E-state index in [-0.39, 0.29) is 16.7 Å². The molecule has 26 heavy (non-hydrogen) atoms. The fourth-order valence-corrected chi connectivity index (χ4v) is 4.10. The quantitative estimate of drug-likeness (QED) is 0.321. The summed E-state index contributed by atoms with van der Waals surface area (Å²) < 4.78 is 21.4. The monoisotopic (exact) mass is 378 g/mol. The Morgan fingerprint density at radius 2 is 1.69 bits per heavy atom. The second-order valence-electron chi connectivity index (χ2n) is 5.97. The van der Waals surface area contributed by atoms with Crippen molar-refractivity contribution in [2.24, 2.45) is 0 Å². The Hall–Kier alpha value is -2.85. The SMILES string of the molecule is C=C(C)C(C(=O)O)N1C(=O)C(N2C(=O)c3ccccc3C2=O)C1S(=O)O. The third kappa shape index (κ3) is 2.37. The lowest BCUT2D eigenvalue weighted by molar-refractivity contribution is -0.162. The molecule has 0 bridgehead atoms. The van der Waals surface area contributed by atoms with Crippen LogP contribution in [0.2, 0.25) is 0 Å². The largest absolute Gasteiger partial charge is 0.479 e. The molecule has 1 aromatic rings. The Bertz CT molecular complexity index is 847. The normalized spacial score (nSPS) is 24.2. The lowest BCUT2D eigenvalue weighted by atomic mass is 9.98. The predicted molar refractivity (Wildman–Crippen MR) is 88.4 cm³/mol. The fourth-order valence-electron chi connectivity index (χ4n) is 3.22. The van der Waals surface area contributed by atoms with Gasteiger partial charge in [0, 0.05) is 0 Å². The average molecular weight is 378 g/mol. The number of β-lactam (4-membered cyclic amide) rings is 1. The van der Waals surface area contributed by atoms with Gasteiger partial charge in [-0.25, -0.2) is 9.00 Å². The number of fused-ring (bicyclic) bond motifs is 1. The number of hydrogen-bond donors (Lipinski definition) is 2. The number of rotatable bonds is 5. The van der Waals surface area contributed by atoms with Crippen LogP contribution in [0.4, 0.5) is 0 Å². The molecule has 0 radical (unpaired) electrons. The van der Waals surface area contributed by atoms with Crippen molar-refractivity contribution in [1.29, 1.82) is 0 Å². The molecule has 1 fully saturated rings. The molecule has 0 spiro atoms. The second kappa shape index (κ2) is 6.15. The lowest BCUT2D eigenvalue weighted by Crippen LogP contribution is -2.75. The van der Waals surface area contributed by atoms with E-state index in [1.165, 1.54) is 19.1 Å². The van der Waals surface area contributed by atoms with Gasteiger partial charge in [0.1, 0.15) is 0 Å². The zero-order valence-electron chi connectivity index (χ0n) is 13.5. The van der Waals surface area contributed by atoms with Crippen LogP contribution in [0.15, 0.2) is 36.4 Å². The fraction of sp³-hybridized carbons (Fsp3) is 0.250. The standard InChI is InChI=1S/C16H14N2O7S/c1-7(2)10(16(22)23)18-14(21)11(15(18)26(24)25)17-12(19)8-5-3-4-6-9(8)13(17)20/h3-6,10-11,15H,1H2,2H3,(H,22,23)(H,24,25). The number of imide groups is 1. The predicted octanol–water partition coefficient (Wildman–Crippen LogP) is 0.0705. The topological polar surface area (TPSA) is 132 Å². The molecule has 3 amide bonds. The van der Waals surface area contributed by atoms with Gasteiger partial charge in [-0.1, -0.05) is 18.7 Å². The molecule has 2 heterocycles. The molecular formula is C16H14N2O7S. The smallest absolute Gasteiger partial charge is 0.330 e. The molecule has 4 unspecified atom stereocenters. The molecule has 2 N–H and O–H groups in total. The van der Waals surface area contributed by atoms with Crippen molar-refractivity contribution >= 4 is 34.8 Å². The van der Waals surface area contributed by atoms with Gasteiger partial charge in [-0.15, -0.1) is 0 Å². The van der Waals surface area contributed by atoms with Crippen LogP contribution in [0.3, 0.4) is 0 Å². The summed E-state index contributed by atoms with van der Waals surface area (Å²) in [5.41, 5.74) is 0.240. The van der Waals surface area contributed by atoms with Crippen LogP contribution < -0.4 is 0 Å². The lowest BCUT2D eigenvalue weighted by Gasteiger charge is -2.49. The zero-order valence-corrected chi connectivity index (χ0v) is 14.3. The summed E-state index contributed by atoms with van der Waals surface area (Å²) in [5.74, 6) is -3.85. The van der Waals surface area contributed by atoms with Crippen molar-refractivity contribution in [3.05, 3.63) is 47.5 Å². The van der Waals surface area contributed by atoms with Crippen LogP contribution in [0.1, 0.15) is 27.6 Å². The molecule has 3 rings (SSSR count). The first kappa shape index (κ1) is 18.0. The minimum absolute atomic E-state index is 0.0714. The van der Waals surface area contributed by atoms with Crippen molar-refractivity contribution in [1.82, 2.24) is 9.80 Å². The van der Waals surface area contributed by atoms with Gasteiger partial charge in [0.25, 0.3) is 17.7 Å². The number of carboxylic acid groups (broad SMARTS) is 1. The summed E-state index contributed by atoms with van der Waals surface area (Å²) in [6.45, 7) is 4.85. The van der Waals surface area contributed by atoms with E-state index in [9.17, 15) is 33.0 Å². The number of aliphatic carboxylic acids is 1. The van der Waals surface area contributed by atoms with E-state index in [1.54, 1.807) is 12.1 Å². The van der Waals surface area contributed by atoms with Crippen LogP contribution in [-0.4, -0.2) is 64.8 Å². The highest BCUT2D eigenvalue weighted by molar-refractivity contribution is 7.80. The molecule has 9 nitrogen and oxygen atoms in total. The van der Waals surface area contributed by atoms with E-state index in [0.29, 0.717) is 9.80 Å². The third-order valence-electron chi connectivity index (χ3n) is 4.34. The highest BCUT2D eigenvalue weighted by Gasteiger charge is 2.61. The molecule has 2 aliphatic rings. The highest BCUT2D eigenvalue weighted by Crippen LogP contribution is 2.36. The molecule has 0 aliphatic carbocycles. The first-order valence-corrected chi connectivity index (χ1v) is 8.62. The van der Waals surface area contributed by atoms with Gasteiger partial charge in [-0.3, -0.25) is 19.3 Å². The maximum Gasteiger partial charge on any atom is 0.330 e. The van der Waals surface area contributed by atoms with Gasteiger partial charge in [-0.2, -0.15) is 0 Å². The van der Waals surface area contributed by atoms with Crippen molar-refractivity contribution < 1.29 is 33.0 Å². The number of amides is 3. The van der Waals surface area contributed by atoms with Crippen molar-refractivity contribution in [3.63, 3.8) is 0 Å². The number of likely N-dealkylation sites (tertiary alicyclic amines) is 1.